The van der Waals surface area contributed by atoms with Crippen LogP contribution in [0.5, 0.6) is 11.5 Å². The first-order valence-corrected chi connectivity index (χ1v) is 8.94. The van der Waals surface area contributed by atoms with Gasteiger partial charge in [0.25, 0.3) is 0 Å². The van der Waals surface area contributed by atoms with Gasteiger partial charge in [0.1, 0.15) is 11.5 Å². The number of fused-ring (bicyclic) bond motifs is 1. The normalized spacial score (nSPS) is 10.9. The minimum Gasteiger partial charge on any atom is -0.481 e. The second-order valence-electron chi connectivity index (χ2n) is 6.72. The van der Waals surface area contributed by atoms with E-state index in [0.29, 0.717) is 11.5 Å². The van der Waals surface area contributed by atoms with Gasteiger partial charge in [-0.25, -0.2) is 9.59 Å². The van der Waals surface area contributed by atoms with Gasteiger partial charge in [-0.15, -0.1) is 0 Å². The molecular formula is C21H26O6. The number of rotatable bonds is 8. The molecule has 2 aromatic carbocycles. The lowest BCUT2D eigenvalue weighted by Crippen LogP contribution is -2.19. The van der Waals surface area contributed by atoms with E-state index in [1.807, 2.05) is 31.2 Å². The van der Waals surface area contributed by atoms with E-state index in [1.54, 1.807) is 33.8 Å². The Morgan fingerprint density at radius 2 is 1.37 bits per heavy atom. The van der Waals surface area contributed by atoms with Gasteiger partial charge in [-0.3, -0.25) is 0 Å². The summed E-state index contributed by atoms with van der Waals surface area (Å²) in [6, 6.07) is 9.28. The molecule has 6 nitrogen and oxygen atoms in total. The van der Waals surface area contributed by atoms with Gasteiger partial charge in [0.05, 0.1) is 12.2 Å². The van der Waals surface area contributed by atoms with Crippen LogP contribution in [0.25, 0.3) is 10.8 Å². The Balaban J connectivity index is 2.22. The molecule has 0 unspecified atom stereocenters. The van der Waals surface area contributed by atoms with Crippen LogP contribution in [0, 0.1) is 6.92 Å². The van der Waals surface area contributed by atoms with Crippen molar-refractivity contribution in [3.8, 4) is 11.5 Å². The molecule has 2 aromatic rings. The summed E-state index contributed by atoms with van der Waals surface area (Å²) in [6.07, 6.45) is -0.388. The van der Waals surface area contributed by atoms with Crippen molar-refractivity contribution in [3.63, 3.8) is 0 Å². The maximum atomic E-state index is 11.8. The van der Waals surface area contributed by atoms with Crippen LogP contribution in [-0.4, -0.2) is 37.4 Å². The van der Waals surface area contributed by atoms with Gasteiger partial charge >= 0.3 is 11.9 Å². The molecule has 0 spiro atoms. The van der Waals surface area contributed by atoms with Gasteiger partial charge in [0.2, 0.25) is 0 Å². The number of hydrogen-bond acceptors (Lipinski definition) is 6. The zero-order valence-corrected chi connectivity index (χ0v) is 16.4. The highest BCUT2D eigenvalue weighted by Gasteiger charge is 2.15. The van der Waals surface area contributed by atoms with E-state index in [4.69, 9.17) is 18.9 Å². The smallest absolute Gasteiger partial charge is 0.344 e. The predicted octanol–water partition coefficient (Wildman–Crippen LogP) is 3.81. The first-order chi connectivity index (χ1) is 12.8. The quantitative estimate of drug-likeness (QED) is 0.655. The van der Waals surface area contributed by atoms with Gasteiger partial charge in [-0.1, -0.05) is 24.3 Å². The summed E-state index contributed by atoms with van der Waals surface area (Å²) >= 11 is 0. The van der Waals surface area contributed by atoms with Gasteiger partial charge in [0, 0.05) is 10.8 Å². The summed E-state index contributed by atoms with van der Waals surface area (Å²) in [6.45, 7) is 8.65. The number of ether oxygens (including phenoxy) is 4. The lowest BCUT2D eigenvalue weighted by molar-refractivity contribution is -0.150. The fourth-order valence-electron chi connectivity index (χ4n) is 2.62. The molecule has 0 fully saturated rings. The van der Waals surface area contributed by atoms with Crippen LogP contribution in [0.1, 0.15) is 33.3 Å². The van der Waals surface area contributed by atoms with Gasteiger partial charge < -0.3 is 18.9 Å². The van der Waals surface area contributed by atoms with E-state index in [0.717, 1.165) is 16.3 Å². The van der Waals surface area contributed by atoms with Crippen LogP contribution >= 0.6 is 0 Å². The van der Waals surface area contributed by atoms with Crippen molar-refractivity contribution in [2.45, 2.75) is 46.8 Å². The van der Waals surface area contributed by atoms with Crippen molar-refractivity contribution in [3.05, 3.63) is 35.9 Å². The summed E-state index contributed by atoms with van der Waals surface area (Å²) in [5.74, 6) is 0.290. The predicted molar refractivity (Wildman–Crippen MR) is 102 cm³/mol. The number of carbonyl (C=O) groups excluding carboxylic acids is 2. The summed E-state index contributed by atoms with van der Waals surface area (Å²) in [4.78, 5) is 23.5. The third-order valence-corrected chi connectivity index (χ3v) is 3.56. The Morgan fingerprint density at radius 1 is 0.852 bits per heavy atom. The van der Waals surface area contributed by atoms with E-state index in [-0.39, 0.29) is 25.4 Å². The molecule has 0 heterocycles. The molecule has 0 saturated carbocycles. The fraction of sp³-hybridized carbons (Fsp3) is 0.429. The molecule has 0 aliphatic carbocycles. The Hall–Kier alpha value is -2.76. The van der Waals surface area contributed by atoms with Gasteiger partial charge in [-0.2, -0.15) is 0 Å². The second-order valence-corrected chi connectivity index (χ2v) is 6.72. The molecule has 0 aliphatic heterocycles. The molecule has 0 amide bonds. The van der Waals surface area contributed by atoms with Crippen LogP contribution in [0.4, 0.5) is 0 Å². The zero-order valence-electron chi connectivity index (χ0n) is 16.4. The highest BCUT2D eigenvalue weighted by atomic mass is 16.6. The second kappa shape index (κ2) is 9.26. The Morgan fingerprint density at radius 3 is 1.93 bits per heavy atom. The third kappa shape index (κ3) is 5.88. The Kier molecular flexibility index (Phi) is 7.05. The average molecular weight is 374 g/mol. The van der Waals surface area contributed by atoms with E-state index < -0.39 is 11.9 Å². The Labute approximate surface area is 159 Å². The maximum Gasteiger partial charge on any atom is 0.344 e. The number of carbonyl (C=O) groups is 2. The van der Waals surface area contributed by atoms with Crippen LogP contribution < -0.4 is 9.47 Å². The molecule has 0 saturated heterocycles. The molecule has 0 N–H and O–H groups in total. The first-order valence-electron chi connectivity index (χ1n) is 8.94. The topological polar surface area (TPSA) is 71.1 Å². The molecule has 0 radical (unpaired) electrons. The molecule has 146 valence electrons. The van der Waals surface area contributed by atoms with E-state index >= 15 is 0 Å². The number of esters is 2. The molecule has 0 aliphatic rings. The molecule has 6 heteroatoms. The summed E-state index contributed by atoms with van der Waals surface area (Å²) in [7, 11) is 0. The lowest BCUT2D eigenvalue weighted by atomic mass is 10.0. The zero-order chi connectivity index (χ0) is 20.0. The van der Waals surface area contributed by atoms with Gasteiger partial charge in [-0.05, 0) is 46.2 Å². The highest BCUT2D eigenvalue weighted by molar-refractivity contribution is 5.95. The third-order valence-electron chi connectivity index (χ3n) is 3.56. The monoisotopic (exact) mass is 374 g/mol. The van der Waals surface area contributed by atoms with Crippen molar-refractivity contribution < 1.29 is 28.5 Å². The largest absolute Gasteiger partial charge is 0.481 e. The van der Waals surface area contributed by atoms with E-state index in [1.165, 1.54) is 0 Å². The SMILES string of the molecule is Cc1cc(OCC(=O)OC(C)C)c2ccccc2c1OCC(=O)OC(C)C. The minimum atomic E-state index is -0.427. The van der Waals surface area contributed by atoms with Gasteiger partial charge in [0.15, 0.2) is 13.2 Å². The maximum absolute atomic E-state index is 11.8. The molecule has 27 heavy (non-hydrogen) atoms. The number of benzene rings is 2. The summed E-state index contributed by atoms with van der Waals surface area (Å²) < 4.78 is 21.6. The molecule has 0 aromatic heterocycles. The minimum absolute atomic E-state index is 0.177. The molecule has 0 bridgehead atoms. The van der Waals surface area contributed by atoms with Crippen LogP contribution in [0.15, 0.2) is 30.3 Å². The van der Waals surface area contributed by atoms with Crippen LogP contribution in [-0.2, 0) is 19.1 Å². The first kappa shape index (κ1) is 20.6. The number of aryl methyl sites for hydroxylation is 1. The molecular weight excluding hydrogens is 348 g/mol. The summed E-state index contributed by atoms with van der Waals surface area (Å²) in [5, 5.41) is 1.58. The van der Waals surface area contributed by atoms with Crippen molar-refractivity contribution in [2.24, 2.45) is 0 Å². The van der Waals surface area contributed by atoms with E-state index in [2.05, 4.69) is 0 Å². The van der Waals surface area contributed by atoms with Crippen molar-refractivity contribution in [1.82, 2.24) is 0 Å². The van der Waals surface area contributed by atoms with Crippen molar-refractivity contribution in [2.75, 3.05) is 13.2 Å². The lowest BCUT2D eigenvalue weighted by Gasteiger charge is -2.16. The standard InChI is InChI=1S/C21H26O6/c1-13(2)26-19(22)11-24-18-10-15(5)21(17-9-7-6-8-16(17)18)25-12-20(23)27-14(3)4/h6-10,13-14H,11-12H2,1-5H3. The van der Waals surface area contributed by atoms with Crippen LogP contribution in [0.3, 0.4) is 0 Å². The molecule has 2 rings (SSSR count). The van der Waals surface area contributed by atoms with Crippen molar-refractivity contribution >= 4 is 22.7 Å². The number of hydrogen-bond donors (Lipinski definition) is 0. The highest BCUT2D eigenvalue weighted by Crippen LogP contribution is 2.36. The van der Waals surface area contributed by atoms with Crippen molar-refractivity contribution in [1.29, 1.82) is 0 Å². The Bertz CT molecular complexity index is 810. The fourth-order valence-corrected chi connectivity index (χ4v) is 2.62. The van der Waals surface area contributed by atoms with E-state index in [9.17, 15) is 9.59 Å². The molecule has 0 atom stereocenters. The van der Waals surface area contributed by atoms with Crippen LogP contribution in [0.2, 0.25) is 0 Å². The average Bonchev–Trinajstić information content (AvgIpc) is 2.57. The summed E-state index contributed by atoms with van der Waals surface area (Å²) in [5.41, 5.74) is 0.790.